The maximum atomic E-state index is 12.5. The Hall–Kier alpha value is -1.80. The monoisotopic (exact) mass is 308 g/mol. The topological polar surface area (TPSA) is 87.0 Å². The molecule has 0 amide bonds. The molecule has 0 bridgehead atoms. The molecule has 1 aromatic carbocycles. The van der Waals surface area contributed by atoms with Gasteiger partial charge in [-0.3, -0.25) is 0 Å². The van der Waals surface area contributed by atoms with Crippen molar-refractivity contribution in [3.63, 3.8) is 0 Å². The summed E-state index contributed by atoms with van der Waals surface area (Å²) in [6.07, 6.45) is 2.44. The number of hydrogen-bond donors (Lipinski definition) is 0. The first-order valence-corrected chi connectivity index (χ1v) is 8.46. The Labute approximate surface area is 123 Å². The molecule has 0 saturated carbocycles. The molecule has 8 heteroatoms. The van der Waals surface area contributed by atoms with Gasteiger partial charge in [-0.05, 0) is 29.7 Å². The molecule has 0 aliphatic carbocycles. The number of ether oxygens (including phenoxy) is 1. The van der Waals surface area contributed by atoms with Gasteiger partial charge in [0.25, 0.3) is 10.0 Å². The van der Waals surface area contributed by atoms with E-state index in [0.717, 1.165) is 23.3 Å². The lowest BCUT2D eigenvalue weighted by atomic mass is 10.1. The number of tetrazole rings is 1. The second-order valence-electron chi connectivity index (χ2n) is 4.98. The quantitative estimate of drug-likeness (QED) is 0.840. The number of benzene rings is 1. The van der Waals surface area contributed by atoms with Crippen LogP contribution in [0.1, 0.15) is 19.3 Å². The predicted molar refractivity (Wildman–Crippen MR) is 76.0 cm³/mol. The van der Waals surface area contributed by atoms with Gasteiger partial charge >= 0.3 is 0 Å². The van der Waals surface area contributed by atoms with Gasteiger partial charge in [0.05, 0.1) is 11.9 Å². The average molecular weight is 308 g/mol. The second-order valence-corrected chi connectivity index (χ2v) is 6.82. The summed E-state index contributed by atoms with van der Waals surface area (Å²) in [5.74, 6) is 0.129. The largest absolute Gasteiger partial charge is 0.377 e. The van der Waals surface area contributed by atoms with Crippen LogP contribution in [0.25, 0.3) is 11.4 Å². The minimum absolute atomic E-state index is 0.0993. The van der Waals surface area contributed by atoms with Crippen molar-refractivity contribution < 1.29 is 13.2 Å². The summed E-state index contributed by atoms with van der Waals surface area (Å²) in [6.45, 7) is 0.612. The van der Waals surface area contributed by atoms with Crippen molar-refractivity contribution in [1.82, 2.24) is 19.6 Å². The van der Waals surface area contributed by atoms with E-state index in [4.69, 9.17) is 4.74 Å². The first-order chi connectivity index (χ1) is 10.2. The fraction of sp³-hybridized carbons (Fsp3) is 0.462. The van der Waals surface area contributed by atoms with Crippen LogP contribution in [-0.4, -0.2) is 46.5 Å². The molecule has 1 aliphatic rings. The molecule has 1 saturated heterocycles. The van der Waals surface area contributed by atoms with E-state index in [0.29, 0.717) is 12.2 Å². The van der Waals surface area contributed by atoms with Gasteiger partial charge in [0.15, 0.2) is 5.82 Å². The first kappa shape index (κ1) is 14.2. The second kappa shape index (κ2) is 5.90. The van der Waals surface area contributed by atoms with E-state index in [1.165, 1.54) is 0 Å². The molecule has 0 N–H and O–H groups in total. The van der Waals surface area contributed by atoms with Crippen LogP contribution in [0.3, 0.4) is 0 Å². The smallest absolute Gasteiger partial charge is 0.259 e. The summed E-state index contributed by atoms with van der Waals surface area (Å²) < 4.78 is 31.4. The fourth-order valence-electron chi connectivity index (χ4n) is 2.37. The molecule has 112 valence electrons. The summed E-state index contributed by atoms with van der Waals surface area (Å²) in [5, 5.41) is 11.0. The lowest BCUT2D eigenvalue weighted by molar-refractivity contribution is 0.0304. The molecule has 1 aromatic heterocycles. The molecule has 1 atom stereocenters. The minimum atomic E-state index is -3.64. The van der Waals surface area contributed by atoms with E-state index >= 15 is 0 Å². The molecule has 0 spiro atoms. The summed E-state index contributed by atoms with van der Waals surface area (Å²) in [4.78, 5) is 0. The molecule has 1 unspecified atom stereocenters. The molecule has 3 rings (SSSR count). The molecule has 1 aliphatic heterocycles. The Morgan fingerprint density at radius 2 is 2.05 bits per heavy atom. The standard InChI is InChI=1S/C13H16N4O3S/c18-21(19,10-12-8-4-5-9-20-12)17-13(14-15-16-17)11-6-2-1-3-7-11/h1-3,6-7,12H,4-5,8-10H2. The van der Waals surface area contributed by atoms with E-state index in [2.05, 4.69) is 15.5 Å². The van der Waals surface area contributed by atoms with Crippen LogP contribution in [0.15, 0.2) is 30.3 Å². The highest BCUT2D eigenvalue weighted by Crippen LogP contribution is 2.19. The van der Waals surface area contributed by atoms with Crippen molar-refractivity contribution in [2.45, 2.75) is 25.4 Å². The van der Waals surface area contributed by atoms with Crippen LogP contribution in [0.4, 0.5) is 0 Å². The van der Waals surface area contributed by atoms with Crippen molar-refractivity contribution >= 4 is 10.0 Å². The molecule has 2 heterocycles. The molecule has 21 heavy (non-hydrogen) atoms. The van der Waals surface area contributed by atoms with Crippen LogP contribution in [-0.2, 0) is 14.8 Å². The van der Waals surface area contributed by atoms with Gasteiger partial charge in [-0.15, -0.1) is 9.19 Å². The number of nitrogens with zero attached hydrogens (tertiary/aromatic N) is 4. The highest BCUT2D eigenvalue weighted by atomic mass is 32.2. The minimum Gasteiger partial charge on any atom is -0.377 e. The van der Waals surface area contributed by atoms with Gasteiger partial charge in [0.1, 0.15) is 0 Å². The molecular formula is C13H16N4O3S. The molecular weight excluding hydrogens is 292 g/mol. The Morgan fingerprint density at radius 1 is 1.24 bits per heavy atom. The number of rotatable bonds is 4. The Kier molecular flexibility index (Phi) is 3.98. The van der Waals surface area contributed by atoms with Crippen LogP contribution in [0.5, 0.6) is 0 Å². The molecule has 0 radical (unpaired) electrons. The number of hydrogen-bond acceptors (Lipinski definition) is 6. The third-order valence-electron chi connectivity index (χ3n) is 3.41. The Bertz CT molecular complexity index is 693. The molecule has 2 aromatic rings. The van der Waals surface area contributed by atoms with Gasteiger partial charge in [-0.1, -0.05) is 30.3 Å². The predicted octanol–water partition coefficient (Wildman–Crippen LogP) is 1.09. The van der Waals surface area contributed by atoms with E-state index in [1.807, 2.05) is 18.2 Å². The third-order valence-corrected chi connectivity index (χ3v) is 4.97. The summed E-state index contributed by atoms with van der Waals surface area (Å²) >= 11 is 0. The van der Waals surface area contributed by atoms with Gasteiger partial charge < -0.3 is 4.74 Å². The van der Waals surface area contributed by atoms with Gasteiger partial charge in [-0.2, -0.15) is 0 Å². The van der Waals surface area contributed by atoms with Crippen LogP contribution >= 0.6 is 0 Å². The average Bonchev–Trinajstić information content (AvgIpc) is 2.99. The normalized spacial score (nSPS) is 19.5. The van der Waals surface area contributed by atoms with Gasteiger partial charge in [0.2, 0.25) is 0 Å². The zero-order chi connectivity index (χ0) is 14.7. The maximum Gasteiger partial charge on any atom is 0.259 e. The fourth-order valence-corrected chi connectivity index (χ4v) is 3.79. The van der Waals surface area contributed by atoms with E-state index in [9.17, 15) is 8.42 Å². The van der Waals surface area contributed by atoms with Gasteiger partial charge in [0, 0.05) is 12.2 Å². The van der Waals surface area contributed by atoms with E-state index < -0.39 is 10.0 Å². The van der Waals surface area contributed by atoms with Crippen molar-refractivity contribution in [2.75, 3.05) is 12.4 Å². The van der Waals surface area contributed by atoms with E-state index in [-0.39, 0.29) is 17.7 Å². The highest BCUT2D eigenvalue weighted by molar-refractivity contribution is 7.89. The zero-order valence-electron chi connectivity index (χ0n) is 11.4. The first-order valence-electron chi connectivity index (χ1n) is 6.85. The number of aromatic nitrogens is 4. The Balaban J connectivity index is 1.88. The van der Waals surface area contributed by atoms with Crippen molar-refractivity contribution in [2.24, 2.45) is 0 Å². The van der Waals surface area contributed by atoms with Crippen molar-refractivity contribution in [1.29, 1.82) is 0 Å². The third kappa shape index (κ3) is 3.11. The molecule has 7 nitrogen and oxygen atoms in total. The zero-order valence-corrected chi connectivity index (χ0v) is 12.2. The van der Waals surface area contributed by atoms with Crippen LogP contribution in [0, 0.1) is 0 Å². The SMILES string of the molecule is O=S(=O)(CC1CCCCO1)n1nnnc1-c1ccccc1. The summed E-state index contributed by atoms with van der Waals surface area (Å²) in [7, 11) is -3.64. The van der Waals surface area contributed by atoms with Crippen LogP contribution in [0.2, 0.25) is 0 Å². The van der Waals surface area contributed by atoms with Crippen molar-refractivity contribution in [3.05, 3.63) is 30.3 Å². The maximum absolute atomic E-state index is 12.5. The summed E-state index contributed by atoms with van der Waals surface area (Å²) in [6, 6.07) is 9.02. The highest BCUT2D eigenvalue weighted by Gasteiger charge is 2.27. The molecule has 1 fully saturated rings. The lowest BCUT2D eigenvalue weighted by Crippen LogP contribution is -2.31. The van der Waals surface area contributed by atoms with E-state index in [1.54, 1.807) is 12.1 Å². The Morgan fingerprint density at radius 3 is 2.76 bits per heavy atom. The lowest BCUT2D eigenvalue weighted by Gasteiger charge is -2.22. The summed E-state index contributed by atoms with van der Waals surface area (Å²) in [5.41, 5.74) is 0.663. The van der Waals surface area contributed by atoms with Crippen molar-refractivity contribution in [3.8, 4) is 11.4 Å². The van der Waals surface area contributed by atoms with Crippen LogP contribution < -0.4 is 0 Å². The van der Waals surface area contributed by atoms with Gasteiger partial charge in [-0.25, -0.2) is 8.42 Å².